The number of dihydropyridines is 1. The molecule has 0 bridgehead atoms. The molecule has 1 aliphatic carbocycles. The molecular formula is C24H28BrNO5S. The summed E-state index contributed by atoms with van der Waals surface area (Å²) < 4.78 is 11.4. The lowest BCUT2D eigenvalue weighted by molar-refractivity contribution is -0.151. The minimum Gasteiger partial charge on any atom is -0.468 e. The molecule has 0 radical (unpaired) electrons. The van der Waals surface area contributed by atoms with E-state index in [0.717, 1.165) is 21.5 Å². The molecule has 1 aromatic carbocycles. The minimum absolute atomic E-state index is 0.209. The van der Waals surface area contributed by atoms with Crippen LogP contribution in [0.5, 0.6) is 0 Å². The number of allylic oxidation sites excluding steroid dienone is 3. The second-order valence-electron chi connectivity index (χ2n) is 7.92. The van der Waals surface area contributed by atoms with Gasteiger partial charge in [-0.05, 0) is 42.7 Å². The highest BCUT2D eigenvalue weighted by atomic mass is 79.9. The maximum atomic E-state index is 13.6. The number of hydrogen-bond donors (Lipinski definition) is 1. The number of methoxy groups -OCH3 is 1. The van der Waals surface area contributed by atoms with Gasteiger partial charge in [-0.25, -0.2) is 4.79 Å². The number of carbonyl (C=O) groups excluding carboxylic acids is 3. The quantitative estimate of drug-likeness (QED) is 0.324. The van der Waals surface area contributed by atoms with Crippen LogP contribution in [0.25, 0.3) is 0 Å². The maximum absolute atomic E-state index is 13.6. The molecule has 0 saturated carbocycles. The number of rotatable bonds is 7. The second kappa shape index (κ2) is 10.7. The zero-order valence-electron chi connectivity index (χ0n) is 18.7. The van der Waals surface area contributed by atoms with Crippen LogP contribution in [0.4, 0.5) is 0 Å². The molecule has 172 valence electrons. The minimum atomic E-state index is -0.893. The Morgan fingerprint density at radius 3 is 2.56 bits per heavy atom. The van der Waals surface area contributed by atoms with Gasteiger partial charge in [-0.15, -0.1) is 0 Å². The van der Waals surface area contributed by atoms with Crippen LogP contribution in [0, 0.1) is 11.8 Å². The number of ketones is 1. The summed E-state index contributed by atoms with van der Waals surface area (Å²) in [5.41, 5.74) is 3.07. The molecule has 0 saturated heterocycles. The van der Waals surface area contributed by atoms with Gasteiger partial charge in [-0.1, -0.05) is 41.9 Å². The van der Waals surface area contributed by atoms with E-state index in [-0.39, 0.29) is 11.7 Å². The average Bonchev–Trinajstić information content (AvgIpc) is 2.76. The summed E-state index contributed by atoms with van der Waals surface area (Å²) >= 11 is 5.13. The predicted molar refractivity (Wildman–Crippen MR) is 128 cm³/mol. The van der Waals surface area contributed by atoms with Crippen molar-refractivity contribution in [1.82, 2.24) is 5.32 Å². The van der Waals surface area contributed by atoms with E-state index in [2.05, 4.69) is 28.2 Å². The number of ether oxygens (including phenoxy) is 2. The van der Waals surface area contributed by atoms with Gasteiger partial charge in [0.2, 0.25) is 0 Å². The van der Waals surface area contributed by atoms with E-state index < -0.39 is 23.8 Å². The van der Waals surface area contributed by atoms with E-state index in [0.29, 0.717) is 35.6 Å². The first-order valence-electron chi connectivity index (χ1n) is 10.6. The molecule has 8 heteroatoms. The van der Waals surface area contributed by atoms with Crippen molar-refractivity contribution < 1.29 is 23.9 Å². The Hall–Kier alpha value is -2.06. The van der Waals surface area contributed by atoms with Crippen molar-refractivity contribution in [2.45, 2.75) is 33.1 Å². The Labute approximate surface area is 201 Å². The van der Waals surface area contributed by atoms with Gasteiger partial charge in [0.05, 0.1) is 12.7 Å². The van der Waals surface area contributed by atoms with Gasteiger partial charge >= 0.3 is 11.9 Å². The van der Waals surface area contributed by atoms with Crippen LogP contribution in [-0.4, -0.2) is 42.9 Å². The summed E-state index contributed by atoms with van der Waals surface area (Å²) in [6.45, 7) is 6.04. The average molecular weight is 522 g/mol. The van der Waals surface area contributed by atoms with Gasteiger partial charge in [0.25, 0.3) is 0 Å². The molecular weight excluding hydrogens is 494 g/mol. The molecule has 0 fully saturated rings. The molecule has 6 nitrogen and oxygen atoms in total. The van der Waals surface area contributed by atoms with E-state index in [1.165, 1.54) is 7.11 Å². The van der Waals surface area contributed by atoms with Crippen molar-refractivity contribution in [3.05, 3.63) is 56.8 Å². The van der Waals surface area contributed by atoms with Crippen molar-refractivity contribution in [1.29, 1.82) is 0 Å². The van der Waals surface area contributed by atoms with Crippen molar-refractivity contribution in [3.8, 4) is 0 Å². The Morgan fingerprint density at radius 1 is 1.25 bits per heavy atom. The van der Waals surface area contributed by atoms with E-state index in [1.54, 1.807) is 11.8 Å². The predicted octanol–water partition coefficient (Wildman–Crippen LogP) is 4.36. The topological polar surface area (TPSA) is 81.7 Å². The number of nitrogens with one attached hydrogen (secondary N) is 1. The number of Topliss-reactive ketones (excluding diaryl/α,β-unsaturated/α-hetero) is 1. The normalized spacial score (nSPS) is 22.9. The SMILES string of the molecule is CCSCCOC(=O)C1=C(C)NC2=C(C(=O)[C@H](C(=O)OC)[C@@H](C)C2)[C@H]1c1ccc(Br)cc1. The molecule has 2 aliphatic rings. The highest BCUT2D eigenvalue weighted by Gasteiger charge is 2.47. The molecule has 1 aromatic rings. The second-order valence-corrected chi connectivity index (χ2v) is 10.2. The van der Waals surface area contributed by atoms with E-state index in [4.69, 9.17) is 9.47 Å². The summed E-state index contributed by atoms with van der Waals surface area (Å²) in [5.74, 6) is -1.36. The van der Waals surface area contributed by atoms with E-state index in [1.807, 2.05) is 38.1 Å². The highest BCUT2D eigenvalue weighted by Crippen LogP contribution is 2.45. The van der Waals surface area contributed by atoms with Gasteiger partial charge < -0.3 is 14.8 Å². The van der Waals surface area contributed by atoms with Crippen LogP contribution in [0.3, 0.4) is 0 Å². The molecule has 1 aliphatic heterocycles. The number of carbonyl (C=O) groups is 3. The van der Waals surface area contributed by atoms with Gasteiger partial charge in [-0.2, -0.15) is 11.8 Å². The largest absolute Gasteiger partial charge is 0.468 e. The Kier molecular flexibility index (Phi) is 8.22. The third-order valence-corrected chi connectivity index (χ3v) is 7.22. The lowest BCUT2D eigenvalue weighted by Gasteiger charge is -2.38. The third kappa shape index (κ3) is 4.96. The van der Waals surface area contributed by atoms with Crippen molar-refractivity contribution in [2.75, 3.05) is 25.2 Å². The van der Waals surface area contributed by atoms with Crippen LogP contribution in [0.2, 0.25) is 0 Å². The fraction of sp³-hybridized carbons (Fsp3) is 0.458. The van der Waals surface area contributed by atoms with E-state index >= 15 is 0 Å². The van der Waals surface area contributed by atoms with Crippen LogP contribution in [-0.2, 0) is 23.9 Å². The smallest absolute Gasteiger partial charge is 0.336 e. The summed E-state index contributed by atoms with van der Waals surface area (Å²) in [7, 11) is 1.29. The third-order valence-electron chi connectivity index (χ3n) is 5.83. The number of esters is 2. The Balaban J connectivity index is 2.06. The van der Waals surface area contributed by atoms with Crippen LogP contribution in [0.15, 0.2) is 51.3 Å². The molecule has 1 heterocycles. The molecule has 3 atom stereocenters. The Morgan fingerprint density at radius 2 is 1.94 bits per heavy atom. The van der Waals surface area contributed by atoms with Gasteiger partial charge in [0.1, 0.15) is 12.5 Å². The van der Waals surface area contributed by atoms with Gasteiger partial charge in [0.15, 0.2) is 5.78 Å². The summed E-state index contributed by atoms with van der Waals surface area (Å²) in [6, 6.07) is 7.52. The van der Waals surface area contributed by atoms with Crippen molar-refractivity contribution >= 4 is 45.4 Å². The van der Waals surface area contributed by atoms with Gasteiger partial charge in [-0.3, -0.25) is 9.59 Å². The highest BCUT2D eigenvalue weighted by molar-refractivity contribution is 9.10. The van der Waals surface area contributed by atoms with Gasteiger partial charge in [0, 0.05) is 33.1 Å². The first kappa shape index (κ1) is 24.6. The van der Waals surface area contributed by atoms with Crippen LogP contribution < -0.4 is 5.32 Å². The summed E-state index contributed by atoms with van der Waals surface area (Å²) in [5, 5.41) is 3.27. The molecule has 0 unspecified atom stereocenters. The van der Waals surface area contributed by atoms with Crippen molar-refractivity contribution in [2.24, 2.45) is 11.8 Å². The molecule has 0 amide bonds. The number of thioether (sulfide) groups is 1. The Bertz CT molecular complexity index is 969. The lowest BCUT2D eigenvalue weighted by atomic mass is 9.69. The zero-order chi connectivity index (χ0) is 23.4. The standard InChI is InChI=1S/C24H28BrNO5S/c1-5-32-11-10-31-24(29)19-14(3)26-17-12-13(2)18(23(28)30-4)22(27)21(17)20(19)15-6-8-16(25)9-7-15/h6-9,13,18,20,26H,5,10-12H2,1-4H3/t13-,18+,20-/m0/s1. The summed E-state index contributed by atoms with van der Waals surface area (Å²) in [6.07, 6.45) is 0.515. The fourth-order valence-electron chi connectivity index (χ4n) is 4.36. The van der Waals surface area contributed by atoms with Crippen LogP contribution in [0.1, 0.15) is 38.7 Å². The monoisotopic (exact) mass is 521 g/mol. The molecule has 1 N–H and O–H groups in total. The fourth-order valence-corrected chi connectivity index (χ4v) is 5.11. The maximum Gasteiger partial charge on any atom is 0.336 e. The first-order chi connectivity index (χ1) is 15.3. The molecule has 32 heavy (non-hydrogen) atoms. The molecule has 3 rings (SSSR count). The molecule has 0 spiro atoms. The zero-order valence-corrected chi connectivity index (χ0v) is 21.1. The first-order valence-corrected chi connectivity index (χ1v) is 12.6. The molecule has 0 aromatic heterocycles. The summed E-state index contributed by atoms with van der Waals surface area (Å²) in [4.78, 5) is 39.2. The van der Waals surface area contributed by atoms with E-state index in [9.17, 15) is 14.4 Å². The van der Waals surface area contributed by atoms with Crippen molar-refractivity contribution in [3.63, 3.8) is 0 Å². The lowest BCUT2D eigenvalue weighted by Crippen LogP contribution is -2.43. The number of hydrogen-bond acceptors (Lipinski definition) is 7. The van der Waals surface area contributed by atoms with Crippen LogP contribution >= 0.6 is 27.7 Å². The number of benzene rings is 1. The number of halogens is 1.